The molecular weight excluding hydrogens is 282 g/mol. The lowest BCUT2D eigenvalue weighted by atomic mass is 9.75. The van der Waals surface area contributed by atoms with Crippen molar-refractivity contribution in [1.29, 1.82) is 5.41 Å². The molecule has 1 aromatic heterocycles. The van der Waals surface area contributed by atoms with Crippen LogP contribution in [0.3, 0.4) is 0 Å². The van der Waals surface area contributed by atoms with Crippen molar-refractivity contribution in [3.05, 3.63) is 64.9 Å². The van der Waals surface area contributed by atoms with Gasteiger partial charge in [-0.25, -0.2) is 0 Å². The van der Waals surface area contributed by atoms with Gasteiger partial charge in [0.25, 0.3) is 0 Å². The van der Waals surface area contributed by atoms with Crippen molar-refractivity contribution in [3.63, 3.8) is 0 Å². The van der Waals surface area contributed by atoms with Gasteiger partial charge in [0.05, 0.1) is 11.1 Å². The van der Waals surface area contributed by atoms with E-state index in [1.165, 1.54) is 6.21 Å². The van der Waals surface area contributed by atoms with Crippen molar-refractivity contribution in [2.24, 2.45) is 0 Å². The Morgan fingerprint density at radius 2 is 1.90 bits per heavy atom. The Labute approximate surface area is 131 Å². The number of rotatable bonds is 6. The highest BCUT2D eigenvalue weighted by Gasteiger charge is 2.33. The largest absolute Gasteiger partial charge is 0.312 e. The first kappa shape index (κ1) is 15.7. The molecule has 0 saturated carbocycles. The number of pyridine rings is 1. The van der Waals surface area contributed by atoms with Crippen molar-refractivity contribution in [2.45, 2.75) is 11.8 Å². The Morgan fingerprint density at radius 3 is 2.43 bits per heavy atom. The summed E-state index contributed by atoms with van der Waals surface area (Å²) in [7, 11) is 4.07. The molecule has 110 valence electrons. The maximum Gasteiger partial charge on any atom is 0.0731 e. The molecule has 1 unspecified atom stereocenters. The van der Waals surface area contributed by atoms with E-state index in [9.17, 15) is 0 Å². The van der Waals surface area contributed by atoms with Crippen molar-refractivity contribution >= 4 is 17.8 Å². The lowest BCUT2D eigenvalue weighted by molar-refractivity contribution is 0.375. The molecule has 0 radical (unpaired) electrons. The molecule has 1 atom stereocenters. The second-order valence-electron chi connectivity index (χ2n) is 5.39. The molecule has 0 amide bonds. The molecule has 0 bridgehead atoms. The summed E-state index contributed by atoms with van der Waals surface area (Å²) in [5, 5.41) is 8.76. The van der Waals surface area contributed by atoms with Gasteiger partial charge < -0.3 is 10.3 Å². The van der Waals surface area contributed by atoms with Gasteiger partial charge >= 0.3 is 0 Å². The van der Waals surface area contributed by atoms with E-state index in [-0.39, 0.29) is 0 Å². The van der Waals surface area contributed by atoms with Crippen LogP contribution in [0.25, 0.3) is 0 Å². The molecule has 1 N–H and O–H groups in total. The van der Waals surface area contributed by atoms with Crippen LogP contribution in [0, 0.1) is 5.41 Å². The van der Waals surface area contributed by atoms with Gasteiger partial charge in [0, 0.05) is 17.4 Å². The van der Waals surface area contributed by atoms with Crippen LogP contribution in [0.5, 0.6) is 0 Å². The summed E-state index contributed by atoms with van der Waals surface area (Å²) < 4.78 is 0. The van der Waals surface area contributed by atoms with E-state index in [2.05, 4.69) is 9.88 Å². The van der Waals surface area contributed by atoms with Crippen LogP contribution in [0.15, 0.2) is 48.7 Å². The Hall–Kier alpha value is -1.71. The molecule has 0 aliphatic carbocycles. The van der Waals surface area contributed by atoms with E-state index in [1.807, 2.05) is 56.6 Å². The zero-order chi connectivity index (χ0) is 15.3. The molecule has 2 aromatic rings. The van der Waals surface area contributed by atoms with Gasteiger partial charge in [-0.3, -0.25) is 4.98 Å². The molecule has 21 heavy (non-hydrogen) atoms. The summed E-state index contributed by atoms with van der Waals surface area (Å²) in [6.07, 6.45) is 4.07. The summed E-state index contributed by atoms with van der Waals surface area (Å²) in [5.41, 5.74) is 1.42. The van der Waals surface area contributed by atoms with Gasteiger partial charge in [-0.15, -0.1) is 0 Å². The molecule has 4 heteroatoms. The topological polar surface area (TPSA) is 40.0 Å². The fourth-order valence-corrected chi connectivity index (χ4v) is 2.55. The predicted octanol–water partition coefficient (Wildman–Crippen LogP) is 3.62. The first-order valence-electron chi connectivity index (χ1n) is 6.92. The van der Waals surface area contributed by atoms with Crippen LogP contribution < -0.4 is 0 Å². The number of aromatic nitrogens is 1. The van der Waals surface area contributed by atoms with Crippen LogP contribution in [-0.2, 0) is 5.41 Å². The van der Waals surface area contributed by atoms with Crippen LogP contribution in [0.1, 0.15) is 17.7 Å². The van der Waals surface area contributed by atoms with Gasteiger partial charge in [-0.05, 0) is 56.9 Å². The highest BCUT2D eigenvalue weighted by Crippen LogP contribution is 2.33. The predicted molar refractivity (Wildman–Crippen MR) is 88.4 cm³/mol. The highest BCUT2D eigenvalue weighted by atomic mass is 35.5. The molecular formula is C17H20ClN3. The van der Waals surface area contributed by atoms with Gasteiger partial charge in [0.15, 0.2) is 0 Å². The summed E-state index contributed by atoms with van der Waals surface area (Å²) in [6.45, 7) is 0.870. The van der Waals surface area contributed by atoms with Crippen LogP contribution in [-0.4, -0.2) is 36.7 Å². The van der Waals surface area contributed by atoms with E-state index in [4.69, 9.17) is 17.0 Å². The van der Waals surface area contributed by atoms with E-state index in [0.29, 0.717) is 5.02 Å². The Morgan fingerprint density at radius 1 is 1.19 bits per heavy atom. The molecule has 0 aliphatic heterocycles. The number of hydrogen-bond donors (Lipinski definition) is 1. The quantitative estimate of drug-likeness (QED) is 0.828. The van der Waals surface area contributed by atoms with Crippen LogP contribution in [0.4, 0.5) is 0 Å². The minimum absolute atomic E-state index is 0.518. The molecule has 3 nitrogen and oxygen atoms in total. The number of hydrogen-bond acceptors (Lipinski definition) is 3. The minimum atomic E-state index is -0.518. The summed E-state index contributed by atoms with van der Waals surface area (Å²) in [4.78, 5) is 6.62. The Bertz CT molecular complexity index is 581. The van der Waals surface area contributed by atoms with Gasteiger partial charge in [-0.2, -0.15) is 0 Å². The summed E-state index contributed by atoms with van der Waals surface area (Å²) in [5.74, 6) is 0. The molecule has 0 aliphatic rings. The highest BCUT2D eigenvalue weighted by molar-refractivity contribution is 6.30. The average molecular weight is 302 g/mol. The van der Waals surface area contributed by atoms with E-state index in [0.717, 1.165) is 24.2 Å². The first-order valence-corrected chi connectivity index (χ1v) is 7.30. The maximum absolute atomic E-state index is 8.06. The molecule has 1 heterocycles. The minimum Gasteiger partial charge on any atom is -0.312 e. The maximum atomic E-state index is 8.06. The second-order valence-corrected chi connectivity index (χ2v) is 5.83. The lowest BCUT2D eigenvalue weighted by Crippen LogP contribution is -2.34. The Kier molecular flexibility index (Phi) is 5.10. The fourth-order valence-electron chi connectivity index (χ4n) is 2.42. The third-order valence-electron chi connectivity index (χ3n) is 3.68. The third-order valence-corrected chi connectivity index (χ3v) is 3.93. The molecule has 1 aromatic carbocycles. The van der Waals surface area contributed by atoms with Crippen molar-refractivity contribution in [2.75, 3.05) is 20.6 Å². The number of benzene rings is 1. The monoisotopic (exact) mass is 301 g/mol. The Balaban J connectivity index is 2.51. The summed E-state index contributed by atoms with van der Waals surface area (Å²) in [6, 6.07) is 13.5. The van der Waals surface area contributed by atoms with E-state index in [1.54, 1.807) is 6.20 Å². The SMILES string of the molecule is CN(C)CCC(C=N)(c1ccc(Cl)cc1)c1ccccn1. The fraction of sp³-hybridized carbons (Fsp3) is 0.294. The number of halogens is 1. The van der Waals surface area contributed by atoms with Gasteiger partial charge in [-0.1, -0.05) is 29.8 Å². The molecule has 2 rings (SSSR count). The number of nitrogens with zero attached hydrogens (tertiary/aromatic N) is 2. The summed E-state index contributed by atoms with van der Waals surface area (Å²) >= 11 is 6.00. The van der Waals surface area contributed by atoms with E-state index >= 15 is 0 Å². The van der Waals surface area contributed by atoms with Gasteiger partial charge in [0.2, 0.25) is 0 Å². The van der Waals surface area contributed by atoms with Crippen molar-refractivity contribution in [1.82, 2.24) is 9.88 Å². The average Bonchev–Trinajstić information content (AvgIpc) is 2.51. The molecule has 0 spiro atoms. The molecule has 0 fully saturated rings. The normalized spacial score (nSPS) is 13.9. The van der Waals surface area contributed by atoms with Crippen LogP contribution >= 0.6 is 11.6 Å². The van der Waals surface area contributed by atoms with Gasteiger partial charge in [0.1, 0.15) is 0 Å². The van der Waals surface area contributed by atoms with Crippen molar-refractivity contribution in [3.8, 4) is 0 Å². The zero-order valence-electron chi connectivity index (χ0n) is 12.4. The van der Waals surface area contributed by atoms with Crippen molar-refractivity contribution < 1.29 is 0 Å². The first-order chi connectivity index (χ1) is 10.1. The second kappa shape index (κ2) is 6.83. The zero-order valence-corrected chi connectivity index (χ0v) is 13.1. The lowest BCUT2D eigenvalue weighted by Gasteiger charge is -2.31. The number of nitrogens with one attached hydrogen (secondary N) is 1. The standard InChI is InChI=1S/C17H20ClN3/c1-21(2)12-10-17(13-19,16-5-3-4-11-20-16)14-6-8-15(18)9-7-14/h3-9,11,13,19H,10,12H2,1-2H3. The molecule has 0 saturated heterocycles. The van der Waals surface area contributed by atoms with E-state index < -0.39 is 5.41 Å². The van der Waals surface area contributed by atoms with Crippen LogP contribution in [0.2, 0.25) is 5.02 Å². The third kappa shape index (κ3) is 3.49. The smallest absolute Gasteiger partial charge is 0.0731 e.